The summed E-state index contributed by atoms with van der Waals surface area (Å²) in [5.41, 5.74) is 3.12. The van der Waals surface area contributed by atoms with Crippen molar-refractivity contribution in [3.63, 3.8) is 0 Å². The number of fused-ring (bicyclic) bond motifs is 1. The van der Waals surface area contributed by atoms with Crippen LogP contribution in [0.1, 0.15) is 11.4 Å². The van der Waals surface area contributed by atoms with Gasteiger partial charge in [0.05, 0.1) is 25.3 Å². The van der Waals surface area contributed by atoms with Gasteiger partial charge < -0.3 is 14.0 Å². The molecule has 1 N–H and O–H groups in total. The highest BCUT2D eigenvalue weighted by Crippen LogP contribution is 2.28. The Kier molecular flexibility index (Phi) is 6.96. The number of ether oxygens (including phenoxy) is 2. The van der Waals surface area contributed by atoms with Crippen molar-refractivity contribution in [1.82, 2.24) is 14.3 Å². The van der Waals surface area contributed by atoms with Gasteiger partial charge in [-0.2, -0.15) is 0 Å². The van der Waals surface area contributed by atoms with Crippen molar-refractivity contribution >= 4 is 21.1 Å². The van der Waals surface area contributed by atoms with E-state index in [4.69, 9.17) is 14.5 Å². The van der Waals surface area contributed by atoms with E-state index in [9.17, 15) is 8.42 Å². The van der Waals surface area contributed by atoms with Crippen molar-refractivity contribution in [1.29, 1.82) is 0 Å². The first kappa shape index (κ1) is 22.8. The van der Waals surface area contributed by atoms with Gasteiger partial charge in [0.25, 0.3) is 0 Å². The average Bonchev–Trinajstić information content (AvgIpc) is 3.20. The molecule has 0 amide bonds. The monoisotopic (exact) mass is 465 g/mol. The number of sulfonamides is 1. The lowest BCUT2D eigenvalue weighted by molar-refractivity contribution is 0.392. The number of aromatic nitrogens is 2. The standard InChI is InChI=1S/C25H27N3O4S/c1-31-20-13-14-23(32-2)24(18-20)33(29,30)26-16-17-28-22-11-7-6-10-21(22)27-25(28)15-12-19-8-4-3-5-9-19/h3-11,13-14,18,26H,12,15-17H2,1-2H3. The molecule has 0 saturated heterocycles. The van der Waals surface area contributed by atoms with Crippen LogP contribution in [0, 0.1) is 0 Å². The molecule has 0 spiro atoms. The van der Waals surface area contributed by atoms with Crippen molar-refractivity contribution in [3.05, 3.63) is 84.2 Å². The van der Waals surface area contributed by atoms with E-state index in [0.717, 1.165) is 29.7 Å². The normalized spacial score (nSPS) is 11.6. The maximum absolute atomic E-state index is 13.0. The molecule has 0 fully saturated rings. The van der Waals surface area contributed by atoms with E-state index < -0.39 is 10.0 Å². The van der Waals surface area contributed by atoms with Crippen molar-refractivity contribution in [2.24, 2.45) is 0 Å². The van der Waals surface area contributed by atoms with Crippen LogP contribution in [0.15, 0.2) is 77.7 Å². The second-order valence-electron chi connectivity index (χ2n) is 7.57. The third-order valence-electron chi connectivity index (χ3n) is 5.50. The van der Waals surface area contributed by atoms with Gasteiger partial charge in [-0.05, 0) is 36.2 Å². The predicted molar refractivity (Wildman–Crippen MR) is 128 cm³/mol. The topological polar surface area (TPSA) is 82.5 Å². The van der Waals surface area contributed by atoms with Crippen LogP contribution in [-0.2, 0) is 29.4 Å². The Morgan fingerprint density at radius 2 is 1.67 bits per heavy atom. The summed E-state index contributed by atoms with van der Waals surface area (Å²) in [5.74, 6) is 1.64. The predicted octanol–water partition coefficient (Wildman–Crippen LogP) is 3.82. The van der Waals surface area contributed by atoms with Crippen LogP contribution in [0.3, 0.4) is 0 Å². The van der Waals surface area contributed by atoms with Gasteiger partial charge in [0, 0.05) is 25.6 Å². The third-order valence-corrected chi connectivity index (χ3v) is 6.98. The fraction of sp³-hybridized carbons (Fsp3) is 0.240. The largest absolute Gasteiger partial charge is 0.497 e. The number of para-hydroxylation sites is 2. The van der Waals surface area contributed by atoms with Gasteiger partial charge in [0.2, 0.25) is 10.0 Å². The smallest absolute Gasteiger partial charge is 0.244 e. The number of hydrogen-bond donors (Lipinski definition) is 1. The minimum Gasteiger partial charge on any atom is -0.497 e. The first-order valence-corrected chi connectivity index (χ1v) is 12.2. The van der Waals surface area contributed by atoms with Gasteiger partial charge in [-0.3, -0.25) is 0 Å². The second-order valence-corrected chi connectivity index (χ2v) is 9.30. The van der Waals surface area contributed by atoms with E-state index in [0.29, 0.717) is 12.3 Å². The highest BCUT2D eigenvalue weighted by atomic mass is 32.2. The summed E-state index contributed by atoms with van der Waals surface area (Å²) in [6.45, 7) is 0.664. The summed E-state index contributed by atoms with van der Waals surface area (Å²) in [6, 6.07) is 22.9. The fourth-order valence-corrected chi connectivity index (χ4v) is 5.03. The molecule has 0 unspecified atom stereocenters. The zero-order chi connectivity index (χ0) is 23.3. The molecule has 3 aromatic carbocycles. The highest BCUT2D eigenvalue weighted by molar-refractivity contribution is 7.89. The van der Waals surface area contributed by atoms with Gasteiger partial charge in [-0.15, -0.1) is 0 Å². The van der Waals surface area contributed by atoms with E-state index >= 15 is 0 Å². The lowest BCUT2D eigenvalue weighted by atomic mass is 10.1. The van der Waals surface area contributed by atoms with Crippen LogP contribution in [0.5, 0.6) is 11.5 Å². The fourth-order valence-electron chi connectivity index (χ4n) is 3.83. The molecular formula is C25H27N3O4S. The van der Waals surface area contributed by atoms with Crippen LogP contribution < -0.4 is 14.2 Å². The van der Waals surface area contributed by atoms with E-state index in [1.807, 2.05) is 42.5 Å². The summed E-state index contributed by atoms with van der Waals surface area (Å²) in [5, 5.41) is 0. The summed E-state index contributed by atoms with van der Waals surface area (Å²) in [7, 11) is -0.864. The van der Waals surface area contributed by atoms with E-state index in [1.165, 1.54) is 25.8 Å². The SMILES string of the molecule is COc1ccc(OC)c(S(=O)(=O)NCCn2c(CCc3ccccc3)nc3ccccc32)c1. The third kappa shape index (κ3) is 5.18. The van der Waals surface area contributed by atoms with E-state index in [-0.39, 0.29) is 17.2 Å². The molecule has 0 radical (unpaired) electrons. The molecule has 8 heteroatoms. The molecule has 4 aromatic rings. The Balaban J connectivity index is 1.53. The van der Waals surface area contributed by atoms with Gasteiger partial charge in [0.15, 0.2) is 0 Å². The molecule has 0 aliphatic rings. The van der Waals surface area contributed by atoms with Crippen LogP contribution in [0.4, 0.5) is 0 Å². The van der Waals surface area contributed by atoms with Gasteiger partial charge >= 0.3 is 0 Å². The first-order valence-electron chi connectivity index (χ1n) is 10.7. The van der Waals surface area contributed by atoms with Gasteiger partial charge in [-0.1, -0.05) is 42.5 Å². The number of methoxy groups -OCH3 is 2. The van der Waals surface area contributed by atoms with Gasteiger partial charge in [0.1, 0.15) is 22.2 Å². The number of benzene rings is 3. The summed E-state index contributed by atoms with van der Waals surface area (Å²) >= 11 is 0. The van der Waals surface area contributed by atoms with Crippen molar-refractivity contribution in [2.75, 3.05) is 20.8 Å². The van der Waals surface area contributed by atoms with Crippen LogP contribution in [0.2, 0.25) is 0 Å². The number of imidazole rings is 1. The van der Waals surface area contributed by atoms with Crippen molar-refractivity contribution in [3.8, 4) is 11.5 Å². The Morgan fingerprint density at radius 3 is 2.42 bits per heavy atom. The number of nitrogens with one attached hydrogen (secondary N) is 1. The molecular weight excluding hydrogens is 438 g/mol. The number of rotatable bonds is 10. The summed E-state index contributed by atoms with van der Waals surface area (Å²) < 4.78 is 41.2. The number of hydrogen-bond acceptors (Lipinski definition) is 5. The lowest BCUT2D eigenvalue weighted by Gasteiger charge is -2.13. The Bertz CT molecular complexity index is 1330. The van der Waals surface area contributed by atoms with Crippen molar-refractivity contribution < 1.29 is 17.9 Å². The van der Waals surface area contributed by atoms with Crippen LogP contribution in [-0.4, -0.2) is 38.7 Å². The number of nitrogens with zero attached hydrogens (tertiary/aromatic N) is 2. The molecule has 0 bridgehead atoms. The Hall–Kier alpha value is -3.36. The molecule has 172 valence electrons. The first-order chi connectivity index (χ1) is 16.0. The molecule has 7 nitrogen and oxygen atoms in total. The van der Waals surface area contributed by atoms with Crippen molar-refractivity contribution in [2.45, 2.75) is 24.3 Å². The molecule has 0 atom stereocenters. The van der Waals surface area contributed by atoms with Gasteiger partial charge in [-0.25, -0.2) is 18.1 Å². The molecule has 33 heavy (non-hydrogen) atoms. The minimum atomic E-state index is -3.80. The zero-order valence-corrected chi connectivity index (χ0v) is 19.5. The molecule has 0 aliphatic heterocycles. The number of aryl methyl sites for hydroxylation is 2. The second kappa shape index (κ2) is 10.1. The van der Waals surface area contributed by atoms with E-state index in [1.54, 1.807) is 12.1 Å². The summed E-state index contributed by atoms with van der Waals surface area (Å²) in [6.07, 6.45) is 1.62. The maximum Gasteiger partial charge on any atom is 0.244 e. The molecule has 1 aromatic heterocycles. The average molecular weight is 466 g/mol. The lowest BCUT2D eigenvalue weighted by Crippen LogP contribution is -2.28. The van der Waals surface area contributed by atoms with Crippen LogP contribution in [0.25, 0.3) is 11.0 Å². The minimum absolute atomic E-state index is 0.0455. The molecule has 0 saturated carbocycles. The zero-order valence-electron chi connectivity index (χ0n) is 18.7. The summed E-state index contributed by atoms with van der Waals surface area (Å²) in [4.78, 5) is 4.85. The Morgan fingerprint density at radius 1 is 0.909 bits per heavy atom. The highest BCUT2D eigenvalue weighted by Gasteiger charge is 2.21. The Labute approximate surface area is 194 Å². The van der Waals surface area contributed by atoms with E-state index in [2.05, 4.69) is 21.4 Å². The molecule has 4 rings (SSSR count). The maximum atomic E-state index is 13.0. The quantitative estimate of drug-likeness (QED) is 0.385. The van der Waals surface area contributed by atoms with Crippen LogP contribution >= 0.6 is 0 Å². The molecule has 0 aliphatic carbocycles. The molecule has 1 heterocycles.